The highest BCUT2D eigenvalue weighted by molar-refractivity contribution is 6.01. The lowest BCUT2D eigenvalue weighted by Gasteiger charge is -2.16. The van der Waals surface area contributed by atoms with E-state index in [4.69, 9.17) is 0 Å². The number of benzene rings is 1. The highest BCUT2D eigenvalue weighted by Gasteiger charge is 2.27. The minimum Gasteiger partial charge on any atom is -0.356 e. The molecule has 1 aliphatic heterocycles. The highest BCUT2D eigenvalue weighted by Crippen LogP contribution is 2.13. The molecule has 0 atom stereocenters. The van der Waals surface area contributed by atoms with E-state index in [0.717, 1.165) is 10.6 Å². The molecule has 2 rings (SSSR count). The van der Waals surface area contributed by atoms with E-state index in [1.54, 1.807) is 0 Å². The summed E-state index contributed by atoms with van der Waals surface area (Å²) in [4.78, 5) is 60.3. The van der Waals surface area contributed by atoms with Crippen molar-refractivity contribution in [3.05, 3.63) is 35.9 Å². The molecule has 1 fully saturated rings. The molecule has 0 aliphatic carbocycles. The van der Waals surface area contributed by atoms with Gasteiger partial charge in [-0.1, -0.05) is 30.3 Å². The summed E-state index contributed by atoms with van der Waals surface area (Å²) >= 11 is 0. The monoisotopic (exact) mass is 518 g/mol. The number of amides is 5. The van der Waals surface area contributed by atoms with Crippen molar-refractivity contribution < 1.29 is 34.4 Å². The highest BCUT2D eigenvalue weighted by atomic mass is 16.5. The minimum absolute atomic E-state index is 0.0342. The van der Waals surface area contributed by atoms with E-state index in [2.05, 4.69) is 5.32 Å². The van der Waals surface area contributed by atoms with Crippen LogP contribution < -0.4 is 5.32 Å². The summed E-state index contributed by atoms with van der Waals surface area (Å²) in [5, 5.41) is 23.8. The van der Waals surface area contributed by atoms with Crippen LogP contribution >= 0.6 is 0 Å². The fraction of sp³-hybridized carbons (Fsp3) is 0.577. The zero-order chi connectivity index (χ0) is 27.0. The number of imide groups is 1. The minimum atomic E-state index is -0.539. The maximum Gasteiger partial charge on any atom is 0.250 e. The first-order valence-corrected chi connectivity index (χ1v) is 12.9. The molecule has 11 nitrogen and oxygen atoms in total. The Kier molecular flexibility index (Phi) is 13.3. The summed E-state index contributed by atoms with van der Waals surface area (Å²) in [7, 11) is 0. The maximum atomic E-state index is 12.0. The summed E-state index contributed by atoms with van der Waals surface area (Å²) in [6.07, 6.45) is 4.29. The predicted molar refractivity (Wildman–Crippen MR) is 133 cm³/mol. The number of likely N-dealkylation sites (tertiary alicyclic amines) is 1. The van der Waals surface area contributed by atoms with Crippen molar-refractivity contribution in [1.29, 1.82) is 0 Å². The first-order chi connectivity index (χ1) is 17.8. The standard InChI is InChI=1S/C26H38N4O7/c31-22(27-16-6-2-8-19-30(37)26(35)20-21-10-4-1-5-11-21)12-13-25(34)29(36)18-9-3-7-17-28-23(32)14-15-24(28)33/h1,4-5,10-11,36-37H,2-3,6-9,12-20H2,(H,27,31). The van der Waals surface area contributed by atoms with Gasteiger partial charge in [0.1, 0.15) is 0 Å². The van der Waals surface area contributed by atoms with Crippen LogP contribution in [0.3, 0.4) is 0 Å². The molecule has 1 aliphatic rings. The van der Waals surface area contributed by atoms with Gasteiger partial charge in [-0.15, -0.1) is 0 Å². The van der Waals surface area contributed by atoms with Crippen LogP contribution in [0.2, 0.25) is 0 Å². The lowest BCUT2D eigenvalue weighted by Crippen LogP contribution is -2.31. The molecule has 37 heavy (non-hydrogen) atoms. The van der Waals surface area contributed by atoms with Crippen molar-refractivity contribution in [1.82, 2.24) is 20.3 Å². The molecule has 1 heterocycles. The van der Waals surface area contributed by atoms with Gasteiger partial charge in [-0.3, -0.25) is 39.3 Å². The van der Waals surface area contributed by atoms with E-state index < -0.39 is 5.91 Å². The Bertz CT molecular complexity index is 893. The van der Waals surface area contributed by atoms with Crippen molar-refractivity contribution in [3.8, 4) is 0 Å². The summed E-state index contributed by atoms with van der Waals surface area (Å²) in [5.74, 6) is -1.49. The van der Waals surface area contributed by atoms with E-state index >= 15 is 0 Å². The van der Waals surface area contributed by atoms with Crippen molar-refractivity contribution in [2.24, 2.45) is 0 Å². The van der Waals surface area contributed by atoms with Gasteiger partial charge < -0.3 is 5.32 Å². The number of unbranched alkanes of at least 4 members (excludes halogenated alkanes) is 4. The number of carbonyl (C=O) groups excluding carboxylic acids is 5. The summed E-state index contributed by atoms with van der Waals surface area (Å²) in [6, 6.07) is 9.19. The van der Waals surface area contributed by atoms with Gasteiger partial charge in [-0.05, 0) is 44.1 Å². The van der Waals surface area contributed by atoms with E-state index in [1.165, 1.54) is 4.90 Å². The van der Waals surface area contributed by atoms with Crippen LogP contribution in [0.15, 0.2) is 30.3 Å². The molecule has 0 aromatic heterocycles. The number of hydroxylamine groups is 4. The average Bonchev–Trinajstić information content (AvgIpc) is 3.21. The fourth-order valence-corrected chi connectivity index (χ4v) is 3.92. The van der Waals surface area contributed by atoms with Crippen LogP contribution in [0.25, 0.3) is 0 Å². The third kappa shape index (κ3) is 11.5. The van der Waals surface area contributed by atoms with Gasteiger partial charge in [-0.25, -0.2) is 10.1 Å². The zero-order valence-corrected chi connectivity index (χ0v) is 21.3. The van der Waals surface area contributed by atoms with Crippen LogP contribution in [0.5, 0.6) is 0 Å². The molecule has 1 saturated heterocycles. The smallest absolute Gasteiger partial charge is 0.250 e. The van der Waals surface area contributed by atoms with Crippen molar-refractivity contribution in [3.63, 3.8) is 0 Å². The van der Waals surface area contributed by atoms with Crippen molar-refractivity contribution in [2.75, 3.05) is 26.2 Å². The topological polar surface area (TPSA) is 148 Å². The molecule has 1 aromatic rings. The van der Waals surface area contributed by atoms with Gasteiger partial charge in [0.25, 0.3) is 0 Å². The third-order valence-electron chi connectivity index (χ3n) is 6.12. The van der Waals surface area contributed by atoms with Gasteiger partial charge in [0, 0.05) is 51.9 Å². The van der Waals surface area contributed by atoms with Crippen molar-refractivity contribution >= 4 is 29.5 Å². The number of carbonyl (C=O) groups is 5. The largest absolute Gasteiger partial charge is 0.356 e. The van der Waals surface area contributed by atoms with Gasteiger partial charge in [0.15, 0.2) is 0 Å². The first-order valence-electron chi connectivity index (χ1n) is 12.9. The van der Waals surface area contributed by atoms with E-state index in [1.807, 2.05) is 30.3 Å². The van der Waals surface area contributed by atoms with E-state index in [0.29, 0.717) is 56.7 Å². The second kappa shape index (κ2) is 16.4. The number of hydrogen-bond acceptors (Lipinski definition) is 7. The molecule has 0 spiro atoms. The zero-order valence-electron chi connectivity index (χ0n) is 21.3. The molecule has 1 aromatic carbocycles. The number of nitrogens with one attached hydrogen (secondary N) is 1. The number of nitrogens with zero attached hydrogens (tertiary/aromatic N) is 3. The Morgan fingerprint density at radius 1 is 0.784 bits per heavy atom. The molecule has 11 heteroatoms. The number of hydrogen-bond donors (Lipinski definition) is 3. The maximum absolute atomic E-state index is 12.0. The fourth-order valence-electron chi connectivity index (χ4n) is 3.92. The first kappa shape index (κ1) is 29.9. The lowest BCUT2D eigenvalue weighted by atomic mass is 10.1. The van der Waals surface area contributed by atoms with Crippen molar-refractivity contribution in [2.45, 2.75) is 70.6 Å². The van der Waals surface area contributed by atoms with Gasteiger partial charge in [0.05, 0.1) is 6.42 Å². The third-order valence-corrected chi connectivity index (χ3v) is 6.12. The summed E-state index contributed by atoms with van der Waals surface area (Å²) in [6.45, 7) is 1.12. The molecule has 204 valence electrons. The SMILES string of the molecule is O=C(CCC(=O)N(O)CCCCCN1C(=O)CCC1=O)NCCCCCN(O)C(=O)Cc1ccccc1. The molecular formula is C26H38N4O7. The quantitative estimate of drug-likeness (QED) is 0.124. The Balaban J connectivity index is 1.45. The summed E-state index contributed by atoms with van der Waals surface area (Å²) in [5.41, 5.74) is 0.836. The van der Waals surface area contributed by atoms with Crippen LogP contribution in [-0.4, -0.2) is 81.2 Å². The average molecular weight is 519 g/mol. The Morgan fingerprint density at radius 3 is 2.03 bits per heavy atom. The molecule has 0 saturated carbocycles. The summed E-state index contributed by atoms with van der Waals surface area (Å²) < 4.78 is 0. The molecule has 3 N–H and O–H groups in total. The van der Waals surface area contributed by atoms with Gasteiger partial charge in [-0.2, -0.15) is 0 Å². The lowest BCUT2D eigenvalue weighted by molar-refractivity contribution is -0.166. The van der Waals surface area contributed by atoms with Crippen LogP contribution in [0.1, 0.15) is 69.8 Å². The van der Waals surface area contributed by atoms with Gasteiger partial charge in [0.2, 0.25) is 29.5 Å². The Hall–Kier alpha value is -3.31. The van der Waals surface area contributed by atoms with Crippen LogP contribution in [0.4, 0.5) is 0 Å². The van der Waals surface area contributed by atoms with Gasteiger partial charge >= 0.3 is 0 Å². The second-order valence-corrected chi connectivity index (χ2v) is 9.11. The second-order valence-electron chi connectivity index (χ2n) is 9.11. The molecule has 0 unspecified atom stereocenters. The molecular weight excluding hydrogens is 480 g/mol. The Morgan fingerprint density at radius 2 is 1.38 bits per heavy atom. The van der Waals surface area contributed by atoms with Crippen LogP contribution in [-0.2, 0) is 30.4 Å². The number of rotatable bonds is 17. The van der Waals surface area contributed by atoms with E-state index in [9.17, 15) is 34.4 Å². The molecule has 0 bridgehead atoms. The molecule has 5 amide bonds. The predicted octanol–water partition coefficient (Wildman–Crippen LogP) is 2.05. The normalized spacial score (nSPS) is 13.1. The Labute approximate surface area is 217 Å². The van der Waals surface area contributed by atoms with E-state index in [-0.39, 0.29) is 68.8 Å². The van der Waals surface area contributed by atoms with Crippen LogP contribution in [0, 0.1) is 0 Å². The molecule has 0 radical (unpaired) electrons.